The van der Waals surface area contributed by atoms with Gasteiger partial charge in [-0.3, -0.25) is 9.55 Å². The summed E-state index contributed by atoms with van der Waals surface area (Å²) in [5.74, 6) is 0.753. The molecule has 0 spiro atoms. The van der Waals surface area contributed by atoms with Gasteiger partial charge in [0.25, 0.3) is 0 Å². The van der Waals surface area contributed by atoms with Gasteiger partial charge in [-0.1, -0.05) is 11.6 Å². The number of aromatic nitrogens is 4. The largest absolute Gasteiger partial charge is 0.286 e. The van der Waals surface area contributed by atoms with Crippen LogP contribution in [0.3, 0.4) is 0 Å². The van der Waals surface area contributed by atoms with E-state index in [0.29, 0.717) is 5.15 Å². The van der Waals surface area contributed by atoms with E-state index < -0.39 is 0 Å². The van der Waals surface area contributed by atoms with Gasteiger partial charge in [0.05, 0.1) is 18.1 Å². The Labute approximate surface area is 98.3 Å². The highest BCUT2D eigenvalue weighted by Gasteiger charge is 2.16. The van der Waals surface area contributed by atoms with Crippen LogP contribution in [0, 0.1) is 0 Å². The molecule has 0 aromatic carbocycles. The smallest absolute Gasteiger partial charge is 0.158 e. The van der Waals surface area contributed by atoms with Crippen molar-refractivity contribution in [3.8, 4) is 5.82 Å². The average molecular weight is 235 g/mol. The number of halogens is 1. The van der Waals surface area contributed by atoms with Crippen molar-refractivity contribution in [3.05, 3.63) is 35.3 Å². The second kappa shape index (κ2) is 3.87. The third kappa shape index (κ3) is 1.59. The number of aryl methyl sites for hydroxylation is 1. The van der Waals surface area contributed by atoms with Crippen LogP contribution in [0.4, 0.5) is 0 Å². The molecule has 0 atom stereocenters. The van der Waals surface area contributed by atoms with E-state index >= 15 is 0 Å². The summed E-state index contributed by atoms with van der Waals surface area (Å²) in [7, 11) is 0. The molecule has 0 aliphatic heterocycles. The Bertz CT molecular complexity index is 520. The Morgan fingerprint density at radius 3 is 2.94 bits per heavy atom. The summed E-state index contributed by atoms with van der Waals surface area (Å²) in [4.78, 5) is 12.7. The monoisotopic (exact) mass is 234 g/mol. The summed E-state index contributed by atoms with van der Waals surface area (Å²) in [5.41, 5.74) is 2.44. The summed E-state index contributed by atoms with van der Waals surface area (Å²) >= 11 is 5.84. The molecule has 5 heteroatoms. The molecule has 82 valence electrons. The Morgan fingerprint density at radius 1 is 1.19 bits per heavy atom. The van der Waals surface area contributed by atoms with Crippen LogP contribution in [0.15, 0.2) is 18.7 Å². The molecular formula is C11H11ClN4. The van der Waals surface area contributed by atoms with E-state index in [1.54, 1.807) is 6.20 Å². The molecule has 0 fully saturated rings. The van der Waals surface area contributed by atoms with Crippen molar-refractivity contribution in [3.63, 3.8) is 0 Å². The molecule has 2 aromatic rings. The minimum atomic E-state index is 0.413. The second-order valence-corrected chi connectivity index (χ2v) is 4.30. The zero-order valence-corrected chi connectivity index (χ0v) is 9.48. The van der Waals surface area contributed by atoms with Gasteiger partial charge in [-0.05, 0) is 25.7 Å². The molecule has 16 heavy (non-hydrogen) atoms. The molecule has 4 nitrogen and oxygen atoms in total. The van der Waals surface area contributed by atoms with Gasteiger partial charge >= 0.3 is 0 Å². The number of nitrogens with zero attached hydrogens (tertiary/aromatic N) is 4. The number of hydrogen-bond acceptors (Lipinski definition) is 3. The Hall–Kier alpha value is -1.42. The maximum absolute atomic E-state index is 5.84. The molecule has 0 bridgehead atoms. The highest BCUT2D eigenvalue weighted by Crippen LogP contribution is 2.22. The zero-order chi connectivity index (χ0) is 11.0. The molecular weight excluding hydrogens is 224 g/mol. The van der Waals surface area contributed by atoms with E-state index in [1.807, 2.05) is 10.9 Å². The Morgan fingerprint density at radius 2 is 2.06 bits per heavy atom. The van der Waals surface area contributed by atoms with Crippen LogP contribution in [-0.4, -0.2) is 19.5 Å². The van der Waals surface area contributed by atoms with Crippen LogP contribution < -0.4 is 0 Å². The number of fused-ring (bicyclic) bond motifs is 1. The van der Waals surface area contributed by atoms with Crippen LogP contribution in [0.2, 0.25) is 5.15 Å². The zero-order valence-electron chi connectivity index (χ0n) is 8.73. The predicted molar refractivity (Wildman–Crippen MR) is 60.8 cm³/mol. The lowest BCUT2D eigenvalue weighted by molar-refractivity contribution is 0.654. The van der Waals surface area contributed by atoms with Crippen molar-refractivity contribution in [1.82, 2.24) is 19.5 Å². The lowest BCUT2D eigenvalue weighted by Crippen LogP contribution is -2.08. The lowest BCUT2D eigenvalue weighted by Gasteiger charge is -2.13. The first-order valence-electron chi connectivity index (χ1n) is 5.37. The van der Waals surface area contributed by atoms with Gasteiger partial charge in [0, 0.05) is 5.69 Å². The average Bonchev–Trinajstić information content (AvgIpc) is 2.72. The van der Waals surface area contributed by atoms with E-state index in [2.05, 4.69) is 15.0 Å². The molecule has 0 N–H and O–H groups in total. The van der Waals surface area contributed by atoms with Crippen LogP contribution >= 0.6 is 11.6 Å². The van der Waals surface area contributed by atoms with E-state index in [1.165, 1.54) is 30.4 Å². The van der Waals surface area contributed by atoms with Crippen molar-refractivity contribution >= 4 is 11.6 Å². The summed E-state index contributed by atoms with van der Waals surface area (Å²) in [5, 5.41) is 0.413. The van der Waals surface area contributed by atoms with Crippen LogP contribution in [-0.2, 0) is 12.8 Å². The van der Waals surface area contributed by atoms with E-state index in [-0.39, 0.29) is 0 Å². The molecule has 3 rings (SSSR count). The fourth-order valence-electron chi connectivity index (χ4n) is 2.12. The first-order valence-corrected chi connectivity index (χ1v) is 5.75. The standard InChI is InChI=1S/C11H11ClN4/c12-10-5-13-6-11(15-10)16-7-14-8-3-1-2-4-9(8)16/h5-7H,1-4H2. The van der Waals surface area contributed by atoms with Gasteiger partial charge < -0.3 is 0 Å². The minimum absolute atomic E-state index is 0.413. The third-order valence-electron chi connectivity index (χ3n) is 2.87. The maximum atomic E-state index is 5.84. The molecule has 2 aromatic heterocycles. The highest BCUT2D eigenvalue weighted by atomic mass is 35.5. The predicted octanol–water partition coefficient (Wildman–Crippen LogP) is 2.19. The van der Waals surface area contributed by atoms with Crippen LogP contribution in [0.1, 0.15) is 24.2 Å². The molecule has 0 saturated heterocycles. The van der Waals surface area contributed by atoms with Gasteiger partial charge in [-0.2, -0.15) is 0 Å². The summed E-state index contributed by atoms with van der Waals surface area (Å²) in [6, 6.07) is 0. The first kappa shape index (κ1) is 9.78. The van der Waals surface area contributed by atoms with E-state index in [9.17, 15) is 0 Å². The van der Waals surface area contributed by atoms with Crippen molar-refractivity contribution in [2.45, 2.75) is 25.7 Å². The molecule has 0 radical (unpaired) electrons. The quantitative estimate of drug-likeness (QED) is 0.760. The van der Waals surface area contributed by atoms with E-state index in [4.69, 9.17) is 11.6 Å². The van der Waals surface area contributed by atoms with Gasteiger partial charge in [-0.25, -0.2) is 9.97 Å². The van der Waals surface area contributed by atoms with Crippen LogP contribution in [0.5, 0.6) is 0 Å². The maximum Gasteiger partial charge on any atom is 0.158 e. The van der Waals surface area contributed by atoms with Gasteiger partial charge in [-0.15, -0.1) is 0 Å². The first-order chi connectivity index (χ1) is 7.84. The second-order valence-electron chi connectivity index (χ2n) is 3.92. The number of hydrogen-bond donors (Lipinski definition) is 0. The normalized spacial score (nSPS) is 14.8. The molecule has 2 heterocycles. The SMILES string of the molecule is Clc1cncc(-n2cnc3c2CCCC3)n1. The molecule has 0 amide bonds. The molecule has 0 unspecified atom stereocenters. The number of rotatable bonds is 1. The van der Waals surface area contributed by atoms with Crippen molar-refractivity contribution < 1.29 is 0 Å². The topological polar surface area (TPSA) is 43.6 Å². The third-order valence-corrected chi connectivity index (χ3v) is 3.05. The molecule has 1 aliphatic rings. The molecule has 1 aliphatic carbocycles. The summed E-state index contributed by atoms with van der Waals surface area (Å²) in [6.07, 6.45) is 9.63. The van der Waals surface area contributed by atoms with Crippen molar-refractivity contribution in [1.29, 1.82) is 0 Å². The summed E-state index contributed by atoms with van der Waals surface area (Å²) in [6.45, 7) is 0. The van der Waals surface area contributed by atoms with Crippen molar-refractivity contribution in [2.75, 3.05) is 0 Å². The Balaban J connectivity index is 2.09. The van der Waals surface area contributed by atoms with Crippen LogP contribution in [0.25, 0.3) is 5.82 Å². The van der Waals surface area contributed by atoms with E-state index in [0.717, 1.165) is 18.7 Å². The Kier molecular flexibility index (Phi) is 2.36. The van der Waals surface area contributed by atoms with Gasteiger partial charge in [0.15, 0.2) is 5.82 Å². The van der Waals surface area contributed by atoms with Crippen molar-refractivity contribution in [2.24, 2.45) is 0 Å². The fraction of sp³-hybridized carbons (Fsp3) is 0.364. The fourth-order valence-corrected chi connectivity index (χ4v) is 2.26. The van der Waals surface area contributed by atoms with Gasteiger partial charge in [0.2, 0.25) is 0 Å². The summed E-state index contributed by atoms with van der Waals surface area (Å²) < 4.78 is 1.99. The number of imidazole rings is 1. The highest BCUT2D eigenvalue weighted by molar-refractivity contribution is 6.29. The van der Waals surface area contributed by atoms with Gasteiger partial charge in [0.1, 0.15) is 11.5 Å². The minimum Gasteiger partial charge on any atom is -0.286 e. The molecule has 0 saturated carbocycles. The lowest BCUT2D eigenvalue weighted by atomic mass is 10.0.